The molecule has 0 amide bonds. The van der Waals surface area contributed by atoms with Crippen molar-refractivity contribution in [3.8, 4) is 5.75 Å². The number of ether oxygens (including phenoxy) is 1. The normalized spacial score (nSPS) is 12.4. The number of hydrogen-bond donors (Lipinski definition) is 1. The Balaban J connectivity index is 2.30. The molecule has 3 heteroatoms. The Hall–Kier alpha value is -1.32. The molecule has 0 saturated heterocycles. The Morgan fingerprint density at radius 1 is 1.28 bits per heavy atom. The summed E-state index contributed by atoms with van der Waals surface area (Å²) in [7, 11) is 1.69. The maximum absolute atomic E-state index is 6.31. The SMILES string of the molecule is CCc1ccc(C(N)c2ccc(C)c(OC)c2)s1. The molecule has 2 rings (SSSR count). The van der Waals surface area contributed by atoms with E-state index in [4.69, 9.17) is 10.5 Å². The standard InChI is InChI=1S/C15H19NOS/c1-4-12-7-8-14(18-12)15(16)11-6-5-10(2)13(9-11)17-3/h5-9,15H,4,16H2,1-3H3. The van der Waals surface area contributed by atoms with Gasteiger partial charge in [0.2, 0.25) is 0 Å². The third-order valence-electron chi connectivity index (χ3n) is 3.13. The van der Waals surface area contributed by atoms with Gasteiger partial charge in [-0.25, -0.2) is 0 Å². The summed E-state index contributed by atoms with van der Waals surface area (Å²) in [6, 6.07) is 10.4. The van der Waals surface area contributed by atoms with Crippen LogP contribution in [0.4, 0.5) is 0 Å². The molecular formula is C15H19NOS. The highest BCUT2D eigenvalue weighted by Crippen LogP contribution is 2.30. The molecule has 0 spiro atoms. The maximum atomic E-state index is 6.31. The average molecular weight is 261 g/mol. The summed E-state index contributed by atoms with van der Waals surface area (Å²) in [6.07, 6.45) is 1.06. The third kappa shape index (κ3) is 2.57. The van der Waals surface area contributed by atoms with E-state index < -0.39 is 0 Å². The van der Waals surface area contributed by atoms with Crippen LogP contribution in [0.2, 0.25) is 0 Å². The summed E-state index contributed by atoms with van der Waals surface area (Å²) < 4.78 is 5.35. The van der Waals surface area contributed by atoms with E-state index in [1.807, 2.05) is 13.0 Å². The number of hydrogen-bond acceptors (Lipinski definition) is 3. The van der Waals surface area contributed by atoms with Crippen molar-refractivity contribution < 1.29 is 4.74 Å². The Morgan fingerprint density at radius 2 is 2.06 bits per heavy atom. The van der Waals surface area contributed by atoms with Crippen molar-refractivity contribution in [2.24, 2.45) is 5.73 Å². The Labute approximate surface area is 112 Å². The maximum Gasteiger partial charge on any atom is 0.122 e. The monoisotopic (exact) mass is 261 g/mol. The van der Waals surface area contributed by atoms with Crippen molar-refractivity contribution >= 4 is 11.3 Å². The second-order valence-corrected chi connectivity index (χ2v) is 5.56. The van der Waals surface area contributed by atoms with Gasteiger partial charge in [-0.15, -0.1) is 11.3 Å². The first kappa shape index (κ1) is 13.1. The van der Waals surface area contributed by atoms with Crippen molar-refractivity contribution in [2.75, 3.05) is 7.11 Å². The van der Waals surface area contributed by atoms with E-state index in [0.29, 0.717) is 0 Å². The molecule has 0 aliphatic rings. The summed E-state index contributed by atoms with van der Waals surface area (Å²) in [5.74, 6) is 0.898. The van der Waals surface area contributed by atoms with Crippen molar-refractivity contribution in [3.63, 3.8) is 0 Å². The lowest BCUT2D eigenvalue weighted by Crippen LogP contribution is -2.10. The number of methoxy groups -OCH3 is 1. The first-order chi connectivity index (χ1) is 8.65. The lowest BCUT2D eigenvalue weighted by Gasteiger charge is -2.13. The minimum Gasteiger partial charge on any atom is -0.496 e. The minimum absolute atomic E-state index is 0.0650. The molecule has 0 aliphatic carbocycles. The zero-order chi connectivity index (χ0) is 13.1. The van der Waals surface area contributed by atoms with E-state index >= 15 is 0 Å². The Kier molecular flexibility index (Phi) is 4.04. The highest BCUT2D eigenvalue weighted by Gasteiger charge is 2.12. The number of aryl methyl sites for hydroxylation is 2. The molecule has 2 aromatic rings. The van der Waals surface area contributed by atoms with Crippen molar-refractivity contribution in [1.29, 1.82) is 0 Å². The summed E-state index contributed by atoms with van der Waals surface area (Å²) >= 11 is 1.79. The van der Waals surface area contributed by atoms with Gasteiger partial charge in [-0.05, 0) is 42.7 Å². The average Bonchev–Trinajstić information content (AvgIpc) is 2.87. The van der Waals surface area contributed by atoms with Gasteiger partial charge in [0.1, 0.15) is 5.75 Å². The highest BCUT2D eigenvalue weighted by molar-refractivity contribution is 7.12. The predicted octanol–water partition coefficient (Wildman–Crippen LogP) is 3.68. The van der Waals surface area contributed by atoms with Crippen LogP contribution in [0.25, 0.3) is 0 Å². The number of thiophene rings is 1. The summed E-state index contributed by atoms with van der Waals surface area (Å²) in [5, 5.41) is 0. The molecule has 1 unspecified atom stereocenters. The van der Waals surface area contributed by atoms with Gasteiger partial charge in [-0.3, -0.25) is 0 Å². The Morgan fingerprint density at radius 3 is 2.67 bits per heavy atom. The van der Waals surface area contributed by atoms with Gasteiger partial charge in [-0.1, -0.05) is 19.1 Å². The highest BCUT2D eigenvalue weighted by atomic mass is 32.1. The van der Waals surface area contributed by atoms with Crippen LogP contribution < -0.4 is 10.5 Å². The van der Waals surface area contributed by atoms with Gasteiger partial charge in [0.05, 0.1) is 13.2 Å². The van der Waals surface area contributed by atoms with Crippen LogP contribution in [-0.4, -0.2) is 7.11 Å². The van der Waals surface area contributed by atoms with E-state index in [0.717, 1.165) is 23.3 Å². The lowest BCUT2D eigenvalue weighted by molar-refractivity contribution is 0.411. The summed E-state index contributed by atoms with van der Waals surface area (Å²) in [5.41, 5.74) is 8.55. The number of nitrogens with two attached hydrogens (primary N) is 1. The molecule has 0 saturated carbocycles. The molecule has 2 N–H and O–H groups in total. The predicted molar refractivity (Wildman–Crippen MR) is 77.5 cm³/mol. The molecule has 96 valence electrons. The molecule has 1 aromatic carbocycles. The quantitative estimate of drug-likeness (QED) is 0.911. The van der Waals surface area contributed by atoms with Crippen LogP contribution in [0.5, 0.6) is 5.75 Å². The second kappa shape index (κ2) is 5.55. The van der Waals surface area contributed by atoms with Crippen LogP contribution in [0.1, 0.15) is 33.8 Å². The Bertz CT molecular complexity index is 533. The molecule has 2 nitrogen and oxygen atoms in total. The largest absolute Gasteiger partial charge is 0.496 e. The van der Waals surface area contributed by atoms with Crippen molar-refractivity contribution in [2.45, 2.75) is 26.3 Å². The van der Waals surface area contributed by atoms with Crippen LogP contribution in [0, 0.1) is 6.92 Å². The second-order valence-electron chi connectivity index (χ2n) is 4.36. The fourth-order valence-corrected chi connectivity index (χ4v) is 2.93. The van der Waals surface area contributed by atoms with Crippen LogP contribution in [0.15, 0.2) is 30.3 Å². The van der Waals surface area contributed by atoms with Crippen molar-refractivity contribution in [3.05, 3.63) is 51.2 Å². The van der Waals surface area contributed by atoms with E-state index in [1.54, 1.807) is 18.4 Å². The van der Waals surface area contributed by atoms with Crippen LogP contribution >= 0.6 is 11.3 Å². The van der Waals surface area contributed by atoms with Gasteiger partial charge >= 0.3 is 0 Å². The summed E-state index contributed by atoms with van der Waals surface area (Å²) in [4.78, 5) is 2.58. The van der Waals surface area contributed by atoms with E-state index in [-0.39, 0.29) is 6.04 Å². The number of rotatable bonds is 4. The lowest BCUT2D eigenvalue weighted by atomic mass is 10.0. The molecule has 1 atom stereocenters. The first-order valence-corrected chi connectivity index (χ1v) is 6.96. The van der Waals surface area contributed by atoms with Crippen molar-refractivity contribution in [1.82, 2.24) is 0 Å². The molecule has 0 aliphatic heterocycles. The van der Waals surface area contributed by atoms with Gasteiger partial charge in [0.25, 0.3) is 0 Å². The smallest absolute Gasteiger partial charge is 0.122 e. The fraction of sp³-hybridized carbons (Fsp3) is 0.333. The first-order valence-electron chi connectivity index (χ1n) is 6.14. The fourth-order valence-electron chi connectivity index (χ4n) is 1.95. The zero-order valence-corrected chi connectivity index (χ0v) is 11.9. The van der Waals surface area contributed by atoms with Crippen LogP contribution in [0.3, 0.4) is 0 Å². The molecular weight excluding hydrogens is 242 g/mol. The van der Waals surface area contributed by atoms with Gasteiger partial charge < -0.3 is 10.5 Å². The molecule has 0 bridgehead atoms. The van der Waals surface area contributed by atoms with E-state index in [9.17, 15) is 0 Å². The molecule has 0 fully saturated rings. The molecule has 1 heterocycles. The minimum atomic E-state index is -0.0650. The van der Waals surface area contributed by atoms with Gasteiger partial charge in [0, 0.05) is 9.75 Å². The van der Waals surface area contributed by atoms with Gasteiger partial charge in [0.15, 0.2) is 0 Å². The third-order valence-corrected chi connectivity index (χ3v) is 4.44. The topological polar surface area (TPSA) is 35.2 Å². The molecule has 0 radical (unpaired) electrons. The number of benzene rings is 1. The molecule has 1 aromatic heterocycles. The van der Waals surface area contributed by atoms with Crippen LogP contribution in [-0.2, 0) is 6.42 Å². The van der Waals surface area contributed by atoms with Gasteiger partial charge in [-0.2, -0.15) is 0 Å². The zero-order valence-electron chi connectivity index (χ0n) is 11.1. The van der Waals surface area contributed by atoms with E-state index in [2.05, 4.69) is 31.2 Å². The van der Waals surface area contributed by atoms with E-state index in [1.165, 1.54) is 9.75 Å². The summed E-state index contributed by atoms with van der Waals surface area (Å²) in [6.45, 7) is 4.20. The molecule has 18 heavy (non-hydrogen) atoms.